The van der Waals surface area contributed by atoms with Gasteiger partial charge in [-0.3, -0.25) is 4.98 Å². The largest absolute Gasteiger partial charge is 0.369 e. The van der Waals surface area contributed by atoms with Gasteiger partial charge in [0.1, 0.15) is 10.6 Å². The molecule has 3 aromatic heterocycles. The van der Waals surface area contributed by atoms with Gasteiger partial charge in [0, 0.05) is 31.4 Å². The molecule has 6 heteroatoms. The Bertz CT molecular complexity index is 710. The van der Waals surface area contributed by atoms with E-state index in [1.165, 1.54) is 0 Å². The Morgan fingerprint density at radius 2 is 2.10 bits per heavy atom. The molecule has 2 N–H and O–H groups in total. The fraction of sp³-hybridized carbons (Fsp3) is 0.267. The number of aromatic nitrogens is 3. The topological polar surface area (TPSA) is 62.7 Å². The highest BCUT2D eigenvalue weighted by atomic mass is 32.1. The minimum atomic E-state index is 0.674. The van der Waals surface area contributed by atoms with Crippen molar-refractivity contribution in [3.8, 4) is 0 Å². The second kappa shape index (κ2) is 6.49. The van der Waals surface area contributed by atoms with E-state index in [1.54, 1.807) is 11.3 Å². The lowest BCUT2D eigenvalue weighted by molar-refractivity contribution is 0.954. The zero-order valence-corrected chi connectivity index (χ0v) is 12.7. The number of nitrogens with zero attached hydrogens (tertiary/aromatic N) is 3. The lowest BCUT2D eigenvalue weighted by Gasteiger charge is -2.09. The highest BCUT2D eigenvalue weighted by Gasteiger charge is 2.08. The van der Waals surface area contributed by atoms with Crippen LogP contribution in [0.1, 0.15) is 12.6 Å². The first-order chi connectivity index (χ1) is 10.4. The lowest BCUT2D eigenvalue weighted by atomic mass is 10.2. The van der Waals surface area contributed by atoms with Crippen molar-refractivity contribution < 1.29 is 0 Å². The number of hydrogen-bond donors (Lipinski definition) is 2. The third-order valence-electron chi connectivity index (χ3n) is 3.06. The highest BCUT2D eigenvalue weighted by molar-refractivity contribution is 7.16. The zero-order valence-electron chi connectivity index (χ0n) is 11.8. The van der Waals surface area contributed by atoms with Gasteiger partial charge in [-0.25, -0.2) is 4.98 Å². The monoisotopic (exact) mass is 299 g/mol. The molecule has 0 aliphatic carbocycles. The van der Waals surface area contributed by atoms with E-state index in [4.69, 9.17) is 0 Å². The number of thiophene rings is 1. The van der Waals surface area contributed by atoms with Gasteiger partial charge >= 0.3 is 0 Å². The molecule has 0 bridgehead atoms. The third kappa shape index (κ3) is 3.28. The van der Waals surface area contributed by atoms with Gasteiger partial charge in [-0.15, -0.1) is 11.3 Å². The Morgan fingerprint density at radius 1 is 1.14 bits per heavy atom. The van der Waals surface area contributed by atoms with Crippen LogP contribution in [0, 0.1) is 0 Å². The molecule has 0 unspecified atom stereocenters. The Kier molecular flexibility index (Phi) is 4.25. The summed E-state index contributed by atoms with van der Waals surface area (Å²) in [6.45, 7) is 3.64. The average molecular weight is 299 g/mol. The molecule has 0 spiro atoms. The van der Waals surface area contributed by atoms with E-state index in [2.05, 4.69) is 31.7 Å². The molecule has 0 saturated heterocycles. The standard InChI is InChI=1S/C15H17N5S/c1-2-16-15-19-13(12-7-10-21-14(12)20-15)18-9-6-11-5-3-4-8-17-11/h3-5,7-8,10H,2,6,9H2,1H3,(H2,16,18,19,20). The first kappa shape index (κ1) is 13.8. The molecule has 5 nitrogen and oxygen atoms in total. The molecule has 21 heavy (non-hydrogen) atoms. The number of anilines is 2. The Morgan fingerprint density at radius 3 is 2.90 bits per heavy atom. The summed E-state index contributed by atoms with van der Waals surface area (Å²) < 4.78 is 0. The average Bonchev–Trinajstić information content (AvgIpc) is 2.97. The Hall–Kier alpha value is -2.21. The maximum Gasteiger partial charge on any atom is 0.226 e. The summed E-state index contributed by atoms with van der Waals surface area (Å²) in [5.74, 6) is 1.56. The molecule has 0 radical (unpaired) electrons. The van der Waals surface area contributed by atoms with Crippen molar-refractivity contribution in [1.82, 2.24) is 15.0 Å². The van der Waals surface area contributed by atoms with E-state index in [0.717, 1.165) is 41.2 Å². The van der Waals surface area contributed by atoms with Crippen molar-refractivity contribution in [2.75, 3.05) is 23.7 Å². The molecule has 0 fully saturated rings. The predicted octanol–water partition coefficient (Wildman–Crippen LogP) is 3.17. The van der Waals surface area contributed by atoms with Crippen LogP contribution in [0.3, 0.4) is 0 Å². The molecule has 0 aliphatic heterocycles. The second-order valence-corrected chi connectivity index (χ2v) is 5.46. The van der Waals surface area contributed by atoms with E-state index in [-0.39, 0.29) is 0 Å². The van der Waals surface area contributed by atoms with Gasteiger partial charge in [-0.05, 0) is 30.5 Å². The van der Waals surface area contributed by atoms with Crippen LogP contribution in [0.15, 0.2) is 35.8 Å². The molecule has 3 aromatic rings. The molecular formula is C15H17N5S. The van der Waals surface area contributed by atoms with E-state index in [1.807, 2.05) is 36.7 Å². The molecule has 0 atom stereocenters. The maximum atomic E-state index is 4.55. The maximum absolute atomic E-state index is 4.55. The van der Waals surface area contributed by atoms with Crippen LogP contribution in [0.2, 0.25) is 0 Å². The highest BCUT2D eigenvalue weighted by Crippen LogP contribution is 2.26. The SMILES string of the molecule is CCNc1nc(NCCc2ccccn2)c2ccsc2n1. The summed E-state index contributed by atoms with van der Waals surface area (Å²) in [5, 5.41) is 9.68. The number of pyridine rings is 1. The molecule has 108 valence electrons. The summed E-state index contributed by atoms with van der Waals surface area (Å²) in [4.78, 5) is 14.4. The van der Waals surface area contributed by atoms with Crippen molar-refractivity contribution in [2.24, 2.45) is 0 Å². The first-order valence-corrected chi connectivity index (χ1v) is 7.87. The minimum absolute atomic E-state index is 0.674. The van der Waals surface area contributed by atoms with Crippen molar-refractivity contribution in [1.29, 1.82) is 0 Å². The van der Waals surface area contributed by atoms with Gasteiger partial charge in [-0.1, -0.05) is 6.07 Å². The summed E-state index contributed by atoms with van der Waals surface area (Å²) in [6.07, 6.45) is 2.69. The van der Waals surface area contributed by atoms with Crippen molar-refractivity contribution in [3.63, 3.8) is 0 Å². The fourth-order valence-electron chi connectivity index (χ4n) is 2.08. The minimum Gasteiger partial charge on any atom is -0.369 e. The quantitative estimate of drug-likeness (QED) is 0.732. The van der Waals surface area contributed by atoms with E-state index in [9.17, 15) is 0 Å². The lowest BCUT2D eigenvalue weighted by Crippen LogP contribution is -2.10. The van der Waals surface area contributed by atoms with Gasteiger partial charge in [0.05, 0.1) is 5.39 Å². The van der Waals surface area contributed by atoms with Crippen LogP contribution >= 0.6 is 11.3 Å². The summed E-state index contributed by atoms with van der Waals surface area (Å²) in [6, 6.07) is 8.02. The first-order valence-electron chi connectivity index (χ1n) is 6.99. The molecule has 0 aliphatic rings. The molecule has 0 aromatic carbocycles. The van der Waals surface area contributed by atoms with Gasteiger partial charge in [0.2, 0.25) is 5.95 Å². The normalized spacial score (nSPS) is 10.7. The molecule has 3 heterocycles. The smallest absolute Gasteiger partial charge is 0.226 e. The van der Waals surface area contributed by atoms with E-state index < -0.39 is 0 Å². The van der Waals surface area contributed by atoms with Gasteiger partial charge in [0.15, 0.2) is 0 Å². The summed E-state index contributed by atoms with van der Waals surface area (Å²) in [7, 11) is 0. The van der Waals surface area contributed by atoms with Crippen LogP contribution in [-0.2, 0) is 6.42 Å². The Balaban J connectivity index is 1.74. The van der Waals surface area contributed by atoms with Crippen LogP contribution in [0.25, 0.3) is 10.2 Å². The Labute approximate surface area is 127 Å². The zero-order chi connectivity index (χ0) is 14.5. The second-order valence-electron chi connectivity index (χ2n) is 4.56. The molecular weight excluding hydrogens is 282 g/mol. The van der Waals surface area contributed by atoms with Crippen LogP contribution in [0.4, 0.5) is 11.8 Å². The van der Waals surface area contributed by atoms with Crippen molar-refractivity contribution >= 4 is 33.3 Å². The number of hydrogen-bond acceptors (Lipinski definition) is 6. The number of rotatable bonds is 6. The van der Waals surface area contributed by atoms with Gasteiger partial charge in [0.25, 0.3) is 0 Å². The van der Waals surface area contributed by atoms with Crippen molar-refractivity contribution in [2.45, 2.75) is 13.3 Å². The van der Waals surface area contributed by atoms with Gasteiger partial charge < -0.3 is 10.6 Å². The predicted molar refractivity (Wildman–Crippen MR) is 88.0 cm³/mol. The summed E-state index contributed by atoms with van der Waals surface area (Å²) in [5.41, 5.74) is 1.08. The fourth-order valence-corrected chi connectivity index (χ4v) is 2.85. The van der Waals surface area contributed by atoms with Crippen LogP contribution < -0.4 is 10.6 Å². The van der Waals surface area contributed by atoms with Gasteiger partial charge in [-0.2, -0.15) is 4.98 Å². The van der Waals surface area contributed by atoms with E-state index in [0.29, 0.717) is 5.95 Å². The van der Waals surface area contributed by atoms with Crippen LogP contribution in [-0.4, -0.2) is 28.0 Å². The number of fused-ring (bicyclic) bond motifs is 1. The van der Waals surface area contributed by atoms with Crippen molar-refractivity contribution in [3.05, 3.63) is 41.5 Å². The molecule has 0 amide bonds. The molecule has 0 saturated carbocycles. The third-order valence-corrected chi connectivity index (χ3v) is 3.87. The molecule has 3 rings (SSSR count). The van der Waals surface area contributed by atoms with E-state index >= 15 is 0 Å². The number of nitrogens with one attached hydrogen (secondary N) is 2. The van der Waals surface area contributed by atoms with Crippen LogP contribution in [0.5, 0.6) is 0 Å². The summed E-state index contributed by atoms with van der Waals surface area (Å²) >= 11 is 1.63.